The highest BCUT2D eigenvalue weighted by Crippen LogP contribution is 2.19. The van der Waals surface area contributed by atoms with Crippen LogP contribution in [-0.2, 0) is 0 Å². The third-order valence-corrected chi connectivity index (χ3v) is 2.43. The van der Waals surface area contributed by atoms with Crippen LogP contribution < -0.4 is 10.9 Å². The van der Waals surface area contributed by atoms with Gasteiger partial charge < -0.3 is 10.3 Å². The maximum atomic E-state index is 13.4. The van der Waals surface area contributed by atoms with Crippen LogP contribution in [-0.4, -0.2) is 10.9 Å². The molecule has 0 atom stereocenters. The van der Waals surface area contributed by atoms with E-state index >= 15 is 0 Å². The number of carbonyl (C=O) groups excluding carboxylic acids is 1. The molecule has 1 aromatic carbocycles. The van der Waals surface area contributed by atoms with Crippen LogP contribution in [0.4, 0.5) is 10.1 Å². The zero-order valence-corrected chi connectivity index (χ0v) is 9.79. The molecule has 92 valence electrons. The van der Waals surface area contributed by atoms with Crippen molar-refractivity contribution in [3.05, 3.63) is 63.3 Å². The van der Waals surface area contributed by atoms with Crippen molar-refractivity contribution in [2.75, 3.05) is 5.32 Å². The summed E-state index contributed by atoms with van der Waals surface area (Å²) in [5.74, 6) is -1.25. The third kappa shape index (κ3) is 2.75. The molecule has 6 heteroatoms. The number of pyridine rings is 1. The third-order valence-electron chi connectivity index (χ3n) is 2.19. The van der Waals surface area contributed by atoms with Crippen LogP contribution >= 0.6 is 11.6 Å². The highest BCUT2D eigenvalue weighted by molar-refractivity contribution is 6.30. The molecule has 0 bridgehead atoms. The van der Waals surface area contributed by atoms with Crippen LogP contribution in [0.2, 0.25) is 5.02 Å². The normalized spacial score (nSPS) is 10.1. The number of aromatic amines is 1. The number of benzene rings is 1. The van der Waals surface area contributed by atoms with Crippen LogP contribution in [0.1, 0.15) is 10.5 Å². The zero-order chi connectivity index (χ0) is 13.1. The average molecular weight is 267 g/mol. The van der Waals surface area contributed by atoms with Gasteiger partial charge in [-0.15, -0.1) is 0 Å². The van der Waals surface area contributed by atoms with Crippen LogP contribution in [0.5, 0.6) is 0 Å². The molecule has 0 aliphatic rings. The molecule has 2 rings (SSSR count). The summed E-state index contributed by atoms with van der Waals surface area (Å²) in [6.45, 7) is 0. The van der Waals surface area contributed by atoms with Gasteiger partial charge in [0.15, 0.2) is 0 Å². The van der Waals surface area contributed by atoms with Gasteiger partial charge in [-0.05, 0) is 24.3 Å². The number of aromatic nitrogens is 1. The molecule has 0 saturated carbocycles. The first-order chi connectivity index (χ1) is 8.56. The van der Waals surface area contributed by atoms with Crippen molar-refractivity contribution in [2.24, 2.45) is 0 Å². The molecule has 2 N–H and O–H groups in total. The summed E-state index contributed by atoms with van der Waals surface area (Å²) in [6, 6.07) is 8.02. The fraction of sp³-hybridized carbons (Fsp3) is 0. The van der Waals surface area contributed by atoms with Gasteiger partial charge in [-0.2, -0.15) is 0 Å². The van der Waals surface area contributed by atoms with Gasteiger partial charge in [0.25, 0.3) is 5.91 Å². The molecule has 4 nitrogen and oxygen atoms in total. The Morgan fingerprint density at radius 1 is 1.28 bits per heavy atom. The number of rotatable bonds is 2. The van der Waals surface area contributed by atoms with E-state index in [0.29, 0.717) is 0 Å². The number of amides is 1. The largest absolute Gasteiger partial charge is 0.318 e. The summed E-state index contributed by atoms with van der Waals surface area (Å²) in [5, 5.41) is 2.57. The van der Waals surface area contributed by atoms with Crippen LogP contribution in [0, 0.1) is 5.82 Å². The predicted molar refractivity (Wildman–Crippen MR) is 66.4 cm³/mol. The monoisotopic (exact) mass is 266 g/mol. The van der Waals surface area contributed by atoms with Crippen molar-refractivity contribution >= 4 is 23.2 Å². The summed E-state index contributed by atoms with van der Waals surface area (Å²) < 4.78 is 13.4. The Morgan fingerprint density at radius 3 is 2.72 bits per heavy atom. The van der Waals surface area contributed by atoms with Gasteiger partial charge in [0, 0.05) is 11.1 Å². The van der Waals surface area contributed by atoms with Gasteiger partial charge in [-0.1, -0.05) is 17.7 Å². The number of anilines is 1. The summed E-state index contributed by atoms with van der Waals surface area (Å²) in [7, 11) is 0. The second kappa shape index (κ2) is 5.01. The molecule has 1 heterocycles. The topological polar surface area (TPSA) is 62.0 Å². The SMILES string of the molecule is O=C(Nc1ccc(Cl)cc1F)c1cccc(=O)[nH]1. The Kier molecular flexibility index (Phi) is 3.43. The number of hydrogen-bond donors (Lipinski definition) is 2. The number of halogens is 2. The predicted octanol–water partition coefficient (Wildman–Crippen LogP) is 2.42. The number of H-pyrrole nitrogens is 1. The molecule has 0 saturated heterocycles. The molecular formula is C12H8ClFN2O2. The summed E-state index contributed by atoms with van der Waals surface area (Å²) >= 11 is 5.59. The number of nitrogens with one attached hydrogen (secondary N) is 2. The summed E-state index contributed by atoms with van der Waals surface area (Å²) in [6.07, 6.45) is 0. The zero-order valence-electron chi connectivity index (χ0n) is 9.04. The van der Waals surface area contributed by atoms with Gasteiger partial charge in [-0.25, -0.2) is 4.39 Å². The first kappa shape index (κ1) is 12.3. The molecule has 2 aromatic rings. The molecule has 18 heavy (non-hydrogen) atoms. The maximum Gasteiger partial charge on any atom is 0.272 e. The molecule has 0 spiro atoms. The Hall–Kier alpha value is -2.14. The maximum absolute atomic E-state index is 13.4. The second-order valence-corrected chi connectivity index (χ2v) is 3.94. The van der Waals surface area contributed by atoms with Gasteiger partial charge in [0.1, 0.15) is 11.5 Å². The van der Waals surface area contributed by atoms with Crippen LogP contribution in [0.15, 0.2) is 41.2 Å². The van der Waals surface area contributed by atoms with E-state index in [1.54, 1.807) is 0 Å². The highest BCUT2D eigenvalue weighted by Gasteiger charge is 2.10. The minimum Gasteiger partial charge on any atom is -0.318 e. The first-order valence-electron chi connectivity index (χ1n) is 5.02. The van der Waals surface area contributed by atoms with E-state index in [9.17, 15) is 14.0 Å². The molecule has 1 amide bonds. The number of hydrogen-bond acceptors (Lipinski definition) is 2. The average Bonchev–Trinajstić information content (AvgIpc) is 2.32. The molecule has 0 aliphatic heterocycles. The Labute approximate surface area is 106 Å². The van der Waals surface area contributed by atoms with E-state index in [-0.39, 0.29) is 16.4 Å². The molecule has 0 fully saturated rings. The molecule has 0 unspecified atom stereocenters. The molecule has 0 aliphatic carbocycles. The van der Waals surface area contributed by atoms with E-state index in [4.69, 9.17) is 11.6 Å². The van der Waals surface area contributed by atoms with E-state index in [2.05, 4.69) is 10.3 Å². The quantitative estimate of drug-likeness (QED) is 0.877. The van der Waals surface area contributed by atoms with E-state index < -0.39 is 17.3 Å². The van der Waals surface area contributed by atoms with Gasteiger partial charge in [0.05, 0.1) is 5.69 Å². The standard InChI is InChI=1S/C12H8ClFN2O2/c13-7-4-5-9(8(14)6-7)16-12(18)10-2-1-3-11(17)15-10/h1-6H,(H,15,17)(H,16,18). The van der Waals surface area contributed by atoms with Crippen LogP contribution in [0.3, 0.4) is 0 Å². The fourth-order valence-corrected chi connectivity index (χ4v) is 1.52. The van der Waals surface area contributed by atoms with Crippen molar-refractivity contribution < 1.29 is 9.18 Å². The van der Waals surface area contributed by atoms with Crippen molar-refractivity contribution in [1.82, 2.24) is 4.98 Å². The lowest BCUT2D eigenvalue weighted by Crippen LogP contribution is -2.18. The van der Waals surface area contributed by atoms with Crippen molar-refractivity contribution in [2.45, 2.75) is 0 Å². The molecule has 0 radical (unpaired) electrons. The summed E-state index contributed by atoms with van der Waals surface area (Å²) in [5.41, 5.74) is -0.356. The summed E-state index contributed by atoms with van der Waals surface area (Å²) in [4.78, 5) is 25.1. The first-order valence-corrected chi connectivity index (χ1v) is 5.40. The van der Waals surface area contributed by atoms with Crippen molar-refractivity contribution in [3.63, 3.8) is 0 Å². The fourth-order valence-electron chi connectivity index (χ4n) is 1.36. The lowest BCUT2D eigenvalue weighted by atomic mass is 10.3. The highest BCUT2D eigenvalue weighted by atomic mass is 35.5. The minimum absolute atomic E-state index is 0.00546. The molecular weight excluding hydrogens is 259 g/mol. The minimum atomic E-state index is -0.644. The van der Waals surface area contributed by atoms with E-state index in [1.165, 1.54) is 30.3 Å². The van der Waals surface area contributed by atoms with E-state index in [0.717, 1.165) is 6.07 Å². The Morgan fingerprint density at radius 2 is 2.06 bits per heavy atom. The Bertz CT molecular complexity index is 655. The number of carbonyl (C=O) groups is 1. The van der Waals surface area contributed by atoms with Gasteiger partial charge >= 0.3 is 0 Å². The second-order valence-electron chi connectivity index (χ2n) is 3.51. The lowest BCUT2D eigenvalue weighted by Gasteiger charge is -2.06. The van der Waals surface area contributed by atoms with E-state index in [1.807, 2.05) is 0 Å². The molecule has 1 aromatic heterocycles. The van der Waals surface area contributed by atoms with Crippen molar-refractivity contribution in [3.8, 4) is 0 Å². The van der Waals surface area contributed by atoms with Crippen molar-refractivity contribution in [1.29, 1.82) is 0 Å². The van der Waals surface area contributed by atoms with Gasteiger partial charge in [-0.3, -0.25) is 9.59 Å². The lowest BCUT2D eigenvalue weighted by molar-refractivity contribution is 0.102. The van der Waals surface area contributed by atoms with Crippen LogP contribution in [0.25, 0.3) is 0 Å². The Balaban J connectivity index is 2.24. The van der Waals surface area contributed by atoms with Gasteiger partial charge in [0.2, 0.25) is 5.56 Å². The smallest absolute Gasteiger partial charge is 0.272 e.